The fourth-order valence-electron chi connectivity index (χ4n) is 3.64. The second-order valence-electron chi connectivity index (χ2n) is 7.49. The van der Waals surface area contributed by atoms with Gasteiger partial charge in [-0.15, -0.1) is 0 Å². The SMILES string of the molecule is CC1CCN(C(=O)CN2CCCC(C(=O)Nc3ccc(Br)cn3)C2)CC1. The van der Waals surface area contributed by atoms with Crippen molar-refractivity contribution >= 4 is 33.6 Å². The Bertz CT molecular complexity index is 629. The molecule has 1 aromatic heterocycles. The lowest BCUT2D eigenvalue weighted by molar-refractivity contribution is -0.135. The summed E-state index contributed by atoms with van der Waals surface area (Å²) in [5.41, 5.74) is 0. The summed E-state index contributed by atoms with van der Waals surface area (Å²) in [6, 6.07) is 3.64. The van der Waals surface area contributed by atoms with Crippen LogP contribution in [-0.4, -0.2) is 59.3 Å². The van der Waals surface area contributed by atoms with Crippen LogP contribution in [0.25, 0.3) is 0 Å². The van der Waals surface area contributed by atoms with Crippen LogP contribution in [0.5, 0.6) is 0 Å². The molecule has 2 aliphatic heterocycles. The summed E-state index contributed by atoms with van der Waals surface area (Å²) in [6.07, 6.45) is 5.65. The first kappa shape index (κ1) is 19.3. The third-order valence-corrected chi connectivity index (χ3v) is 5.82. The van der Waals surface area contributed by atoms with Gasteiger partial charge in [-0.05, 0) is 66.2 Å². The fourth-order valence-corrected chi connectivity index (χ4v) is 3.88. The molecule has 3 rings (SSSR count). The van der Waals surface area contributed by atoms with E-state index in [0.29, 0.717) is 24.8 Å². The minimum Gasteiger partial charge on any atom is -0.342 e. The van der Waals surface area contributed by atoms with E-state index in [1.807, 2.05) is 11.0 Å². The molecule has 2 fully saturated rings. The number of hydrogen-bond acceptors (Lipinski definition) is 4. The number of halogens is 1. The summed E-state index contributed by atoms with van der Waals surface area (Å²) in [5, 5.41) is 2.89. The van der Waals surface area contributed by atoms with Crippen molar-refractivity contribution in [2.24, 2.45) is 11.8 Å². The fraction of sp³-hybridized carbons (Fsp3) is 0.632. The van der Waals surface area contributed by atoms with E-state index in [4.69, 9.17) is 0 Å². The highest BCUT2D eigenvalue weighted by molar-refractivity contribution is 9.10. The van der Waals surface area contributed by atoms with E-state index >= 15 is 0 Å². The Balaban J connectivity index is 1.49. The highest BCUT2D eigenvalue weighted by Crippen LogP contribution is 2.20. The number of nitrogens with one attached hydrogen (secondary N) is 1. The van der Waals surface area contributed by atoms with Gasteiger partial charge in [0, 0.05) is 30.3 Å². The Morgan fingerprint density at radius 1 is 1.23 bits per heavy atom. The van der Waals surface area contributed by atoms with Crippen LogP contribution in [0.1, 0.15) is 32.6 Å². The minimum absolute atomic E-state index is 0.0104. The molecular weight excluding hydrogens is 396 g/mol. The normalized spacial score (nSPS) is 22.2. The van der Waals surface area contributed by atoms with E-state index < -0.39 is 0 Å². The standard InChI is InChI=1S/C19H27BrN4O2/c1-14-6-9-24(10-7-14)18(25)13-23-8-2-3-15(12-23)19(26)22-17-5-4-16(20)11-21-17/h4-5,11,14-15H,2-3,6-10,12-13H2,1H3,(H,21,22,26). The molecule has 0 aliphatic carbocycles. The molecule has 1 aromatic rings. The molecule has 2 saturated heterocycles. The van der Waals surface area contributed by atoms with Crippen molar-refractivity contribution in [2.45, 2.75) is 32.6 Å². The van der Waals surface area contributed by atoms with Crippen molar-refractivity contribution in [2.75, 3.05) is 38.0 Å². The van der Waals surface area contributed by atoms with Gasteiger partial charge in [0.1, 0.15) is 5.82 Å². The number of likely N-dealkylation sites (tertiary alicyclic amines) is 2. The molecule has 2 aliphatic rings. The summed E-state index contributed by atoms with van der Waals surface area (Å²) >= 11 is 3.34. The third-order valence-electron chi connectivity index (χ3n) is 5.35. The van der Waals surface area contributed by atoms with E-state index in [0.717, 1.165) is 49.8 Å². The molecule has 6 nitrogen and oxygen atoms in total. The Morgan fingerprint density at radius 3 is 2.69 bits per heavy atom. The zero-order valence-corrected chi connectivity index (χ0v) is 16.9. The smallest absolute Gasteiger partial charge is 0.236 e. The van der Waals surface area contributed by atoms with Gasteiger partial charge in [0.2, 0.25) is 11.8 Å². The lowest BCUT2D eigenvalue weighted by atomic mass is 9.96. The molecule has 0 spiro atoms. The summed E-state index contributed by atoms with van der Waals surface area (Å²) in [6.45, 7) is 5.93. The minimum atomic E-state index is -0.0941. The van der Waals surface area contributed by atoms with Gasteiger partial charge in [0.15, 0.2) is 0 Å². The van der Waals surface area contributed by atoms with Crippen molar-refractivity contribution in [3.63, 3.8) is 0 Å². The molecule has 1 unspecified atom stereocenters. The van der Waals surface area contributed by atoms with Gasteiger partial charge in [-0.1, -0.05) is 6.92 Å². The Kier molecular flexibility index (Phi) is 6.64. The predicted octanol–water partition coefficient (Wildman–Crippen LogP) is 2.75. The van der Waals surface area contributed by atoms with Crippen molar-refractivity contribution < 1.29 is 9.59 Å². The van der Waals surface area contributed by atoms with E-state index in [2.05, 4.69) is 38.1 Å². The van der Waals surface area contributed by atoms with Crippen LogP contribution in [0.2, 0.25) is 0 Å². The quantitative estimate of drug-likeness (QED) is 0.809. The van der Waals surface area contributed by atoms with Crippen LogP contribution in [-0.2, 0) is 9.59 Å². The molecule has 26 heavy (non-hydrogen) atoms. The van der Waals surface area contributed by atoms with E-state index in [9.17, 15) is 9.59 Å². The molecule has 2 amide bonds. The third kappa shape index (κ3) is 5.27. The van der Waals surface area contributed by atoms with E-state index in [1.165, 1.54) is 0 Å². The van der Waals surface area contributed by atoms with Crippen LogP contribution in [0.3, 0.4) is 0 Å². The topological polar surface area (TPSA) is 65.5 Å². The number of carbonyl (C=O) groups is 2. The van der Waals surface area contributed by atoms with Crippen molar-refractivity contribution in [3.05, 3.63) is 22.8 Å². The molecule has 0 aromatic carbocycles. The highest BCUT2D eigenvalue weighted by Gasteiger charge is 2.29. The first-order valence-corrected chi connectivity index (χ1v) is 10.2. The second kappa shape index (κ2) is 8.95. The molecule has 7 heteroatoms. The average molecular weight is 423 g/mol. The van der Waals surface area contributed by atoms with E-state index in [1.54, 1.807) is 12.3 Å². The van der Waals surface area contributed by atoms with Crippen LogP contribution < -0.4 is 5.32 Å². The summed E-state index contributed by atoms with van der Waals surface area (Å²) in [4.78, 5) is 33.4. The molecular formula is C19H27BrN4O2. The number of hydrogen-bond donors (Lipinski definition) is 1. The summed E-state index contributed by atoms with van der Waals surface area (Å²) in [7, 11) is 0. The average Bonchev–Trinajstić information content (AvgIpc) is 2.64. The maximum Gasteiger partial charge on any atom is 0.236 e. The molecule has 142 valence electrons. The number of pyridine rings is 1. The highest BCUT2D eigenvalue weighted by atomic mass is 79.9. The van der Waals surface area contributed by atoms with Crippen LogP contribution in [0.15, 0.2) is 22.8 Å². The lowest BCUT2D eigenvalue weighted by Gasteiger charge is -2.35. The molecule has 1 N–H and O–H groups in total. The number of aromatic nitrogens is 1. The largest absolute Gasteiger partial charge is 0.342 e. The number of amides is 2. The number of nitrogens with zero attached hydrogens (tertiary/aromatic N) is 3. The Morgan fingerprint density at radius 2 is 2.00 bits per heavy atom. The predicted molar refractivity (Wildman–Crippen MR) is 105 cm³/mol. The van der Waals surface area contributed by atoms with Crippen LogP contribution in [0, 0.1) is 11.8 Å². The van der Waals surface area contributed by atoms with Gasteiger partial charge in [-0.3, -0.25) is 14.5 Å². The monoisotopic (exact) mass is 422 g/mol. The summed E-state index contributed by atoms with van der Waals surface area (Å²) < 4.78 is 0.880. The van der Waals surface area contributed by atoms with Crippen LogP contribution >= 0.6 is 15.9 Å². The number of rotatable bonds is 4. The Hall–Kier alpha value is -1.47. The second-order valence-corrected chi connectivity index (χ2v) is 8.40. The number of anilines is 1. The van der Waals surface area contributed by atoms with Gasteiger partial charge in [-0.2, -0.15) is 0 Å². The van der Waals surface area contributed by atoms with Gasteiger partial charge in [0.25, 0.3) is 0 Å². The van der Waals surface area contributed by atoms with Gasteiger partial charge < -0.3 is 10.2 Å². The Labute approximate surface area is 163 Å². The maximum atomic E-state index is 12.5. The van der Waals surface area contributed by atoms with E-state index in [-0.39, 0.29) is 17.7 Å². The van der Waals surface area contributed by atoms with Crippen LogP contribution in [0.4, 0.5) is 5.82 Å². The molecule has 0 bridgehead atoms. The number of carbonyl (C=O) groups excluding carboxylic acids is 2. The van der Waals surface area contributed by atoms with Crippen molar-refractivity contribution in [3.8, 4) is 0 Å². The van der Waals surface area contributed by atoms with Gasteiger partial charge in [0.05, 0.1) is 12.5 Å². The maximum absolute atomic E-state index is 12.5. The summed E-state index contributed by atoms with van der Waals surface area (Å²) in [5.74, 6) is 1.38. The molecule has 0 radical (unpaired) electrons. The van der Waals surface area contributed by atoms with Gasteiger partial charge in [-0.25, -0.2) is 4.98 Å². The first-order valence-electron chi connectivity index (χ1n) is 9.44. The van der Waals surface area contributed by atoms with Crippen molar-refractivity contribution in [1.82, 2.24) is 14.8 Å². The van der Waals surface area contributed by atoms with Gasteiger partial charge >= 0.3 is 0 Å². The lowest BCUT2D eigenvalue weighted by Crippen LogP contribution is -2.48. The number of piperidine rings is 2. The molecule has 1 atom stereocenters. The zero-order valence-electron chi connectivity index (χ0n) is 15.3. The van der Waals surface area contributed by atoms with Crippen molar-refractivity contribution in [1.29, 1.82) is 0 Å². The molecule has 3 heterocycles. The zero-order chi connectivity index (χ0) is 18.5. The molecule has 0 saturated carbocycles. The first-order chi connectivity index (χ1) is 12.5.